The summed E-state index contributed by atoms with van der Waals surface area (Å²) in [4.78, 5) is 23.3. The minimum atomic E-state index is -0.303. The molecule has 0 amide bonds. The lowest BCUT2D eigenvalue weighted by molar-refractivity contribution is 0.431. The zero-order valence-electron chi connectivity index (χ0n) is 8.58. The van der Waals surface area contributed by atoms with Crippen LogP contribution in [0.1, 0.15) is 13.8 Å². The second-order valence-electron chi connectivity index (χ2n) is 3.81. The van der Waals surface area contributed by atoms with Crippen LogP contribution in [0.25, 0.3) is 0 Å². The van der Waals surface area contributed by atoms with Gasteiger partial charge < -0.3 is 0 Å². The Labute approximate surface area is 91.4 Å². The molecular formula is C10H11ClN2O2. The van der Waals surface area contributed by atoms with Gasteiger partial charge in [-0.2, -0.15) is 0 Å². The molecule has 80 valence electrons. The van der Waals surface area contributed by atoms with Gasteiger partial charge in [0.25, 0.3) is 11.1 Å². The van der Waals surface area contributed by atoms with Crippen molar-refractivity contribution < 1.29 is 0 Å². The van der Waals surface area contributed by atoms with Crippen LogP contribution < -0.4 is 11.1 Å². The van der Waals surface area contributed by atoms with Crippen molar-refractivity contribution in [1.29, 1.82) is 0 Å². The molecule has 0 aromatic carbocycles. The molecule has 1 aromatic heterocycles. The first kappa shape index (κ1) is 10.2. The Kier molecular flexibility index (Phi) is 2.31. The van der Waals surface area contributed by atoms with Crippen LogP contribution in [0.3, 0.4) is 0 Å². The zero-order chi connectivity index (χ0) is 11.2. The molecule has 5 heteroatoms. The SMILES string of the molecule is CC1=C(C)Cn2c(=O)c(Cl)cc(=O)n2C1. The van der Waals surface area contributed by atoms with E-state index in [9.17, 15) is 9.59 Å². The van der Waals surface area contributed by atoms with Gasteiger partial charge in [-0.25, -0.2) is 9.36 Å². The highest BCUT2D eigenvalue weighted by atomic mass is 35.5. The molecule has 2 rings (SSSR count). The van der Waals surface area contributed by atoms with Gasteiger partial charge in [0.1, 0.15) is 5.02 Å². The van der Waals surface area contributed by atoms with Crippen LogP contribution in [0, 0.1) is 0 Å². The number of hydrogen-bond donors (Lipinski definition) is 0. The number of fused-ring (bicyclic) bond motifs is 1. The number of rotatable bonds is 0. The normalized spacial score (nSPS) is 15.4. The molecule has 0 N–H and O–H groups in total. The molecule has 0 bridgehead atoms. The molecular weight excluding hydrogens is 216 g/mol. The van der Waals surface area contributed by atoms with Crippen molar-refractivity contribution in [1.82, 2.24) is 9.36 Å². The Morgan fingerprint density at radius 2 is 1.67 bits per heavy atom. The predicted octanol–water partition coefficient (Wildman–Crippen LogP) is 1.01. The quantitative estimate of drug-likeness (QED) is 0.620. The molecule has 1 aliphatic heterocycles. The third kappa shape index (κ3) is 1.55. The van der Waals surface area contributed by atoms with Crippen LogP contribution >= 0.6 is 11.6 Å². The van der Waals surface area contributed by atoms with Gasteiger partial charge in [0.05, 0.1) is 13.1 Å². The Morgan fingerprint density at radius 1 is 1.13 bits per heavy atom. The first-order valence-corrected chi connectivity index (χ1v) is 5.04. The van der Waals surface area contributed by atoms with Crippen molar-refractivity contribution >= 4 is 11.6 Å². The van der Waals surface area contributed by atoms with E-state index in [-0.39, 0.29) is 16.1 Å². The zero-order valence-corrected chi connectivity index (χ0v) is 9.34. The molecule has 15 heavy (non-hydrogen) atoms. The lowest BCUT2D eigenvalue weighted by Crippen LogP contribution is -2.41. The standard InChI is InChI=1S/C10H11ClN2O2/c1-6-4-12-9(14)3-8(11)10(15)13(12)5-7(6)2/h3H,4-5H2,1-2H3. The Hall–Kier alpha value is -1.29. The fourth-order valence-electron chi connectivity index (χ4n) is 1.64. The van der Waals surface area contributed by atoms with Gasteiger partial charge in [-0.1, -0.05) is 22.7 Å². The third-order valence-electron chi connectivity index (χ3n) is 2.74. The Balaban J connectivity index is 2.74. The molecule has 4 nitrogen and oxygen atoms in total. The molecule has 0 fully saturated rings. The van der Waals surface area contributed by atoms with Crippen molar-refractivity contribution in [3.8, 4) is 0 Å². The number of halogens is 1. The summed E-state index contributed by atoms with van der Waals surface area (Å²) in [6.45, 7) is 4.83. The van der Waals surface area contributed by atoms with Gasteiger partial charge in [0, 0.05) is 6.07 Å². The van der Waals surface area contributed by atoms with Gasteiger partial charge in [0.15, 0.2) is 0 Å². The predicted molar refractivity (Wildman–Crippen MR) is 58.3 cm³/mol. The second-order valence-corrected chi connectivity index (χ2v) is 4.22. The molecule has 0 unspecified atom stereocenters. The Bertz CT molecular complexity index is 566. The van der Waals surface area contributed by atoms with Crippen molar-refractivity contribution in [2.45, 2.75) is 26.9 Å². The van der Waals surface area contributed by atoms with Crippen molar-refractivity contribution in [3.05, 3.63) is 42.9 Å². The molecule has 1 aliphatic rings. The van der Waals surface area contributed by atoms with Crippen LogP contribution in [-0.4, -0.2) is 9.36 Å². The highest BCUT2D eigenvalue weighted by Gasteiger charge is 2.15. The number of nitrogens with zero attached hydrogens (tertiary/aromatic N) is 2. The van der Waals surface area contributed by atoms with E-state index in [1.807, 2.05) is 13.8 Å². The van der Waals surface area contributed by atoms with E-state index in [1.54, 1.807) is 0 Å². The van der Waals surface area contributed by atoms with Gasteiger partial charge in [-0.05, 0) is 13.8 Å². The second kappa shape index (κ2) is 3.38. The lowest BCUT2D eigenvalue weighted by atomic mass is 10.1. The first-order valence-electron chi connectivity index (χ1n) is 4.66. The van der Waals surface area contributed by atoms with E-state index >= 15 is 0 Å². The minimum Gasteiger partial charge on any atom is -0.268 e. The van der Waals surface area contributed by atoms with Crippen molar-refractivity contribution in [2.75, 3.05) is 0 Å². The summed E-state index contributed by atoms with van der Waals surface area (Å²) < 4.78 is 2.82. The van der Waals surface area contributed by atoms with Crippen LogP contribution in [0.2, 0.25) is 5.02 Å². The van der Waals surface area contributed by atoms with Gasteiger partial charge in [-0.3, -0.25) is 9.59 Å². The monoisotopic (exact) mass is 226 g/mol. The van der Waals surface area contributed by atoms with Gasteiger partial charge in [-0.15, -0.1) is 0 Å². The molecule has 0 atom stereocenters. The molecule has 0 aliphatic carbocycles. The first-order chi connectivity index (χ1) is 7.00. The van der Waals surface area contributed by atoms with E-state index in [2.05, 4.69) is 0 Å². The molecule has 2 heterocycles. The van der Waals surface area contributed by atoms with E-state index in [4.69, 9.17) is 11.6 Å². The van der Waals surface area contributed by atoms with Gasteiger partial charge in [0.2, 0.25) is 0 Å². The maximum Gasteiger partial charge on any atom is 0.284 e. The Morgan fingerprint density at radius 3 is 2.27 bits per heavy atom. The van der Waals surface area contributed by atoms with E-state index in [1.165, 1.54) is 15.4 Å². The minimum absolute atomic E-state index is 0.0106. The van der Waals surface area contributed by atoms with E-state index in [0.29, 0.717) is 13.1 Å². The van der Waals surface area contributed by atoms with Crippen LogP contribution in [0.4, 0.5) is 0 Å². The maximum absolute atomic E-state index is 11.7. The van der Waals surface area contributed by atoms with Crippen LogP contribution in [0.15, 0.2) is 26.8 Å². The van der Waals surface area contributed by atoms with E-state index < -0.39 is 0 Å². The number of allylic oxidation sites excluding steroid dienone is 2. The summed E-state index contributed by atoms with van der Waals surface area (Å²) in [5, 5.41) is -0.0106. The number of hydrogen-bond acceptors (Lipinski definition) is 2. The topological polar surface area (TPSA) is 44.0 Å². The van der Waals surface area contributed by atoms with Gasteiger partial charge >= 0.3 is 0 Å². The highest BCUT2D eigenvalue weighted by molar-refractivity contribution is 6.30. The molecule has 0 saturated carbocycles. The van der Waals surface area contributed by atoms with Crippen molar-refractivity contribution in [3.63, 3.8) is 0 Å². The van der Waals surface area contributed by atoms with Crippen LogP contribution in [0.5, 0.6) is 0 Å². The average molecular weight is 227 g/mol. The molecule has 0 spiro atoms. The summed E-state index contributed by atoms with van der Waals surface area (Å²) in [6.07, 6.45) is 0. The largest absolute Gasteiger partial charge is 0.284 e. The summed E-state index contributed by atoms with van der Waals surface area (Å²) in [5.74, 6) is 0. The summed E-state index contributed by atoms with van der Waals surface area (Å²) >= 11 is 5.67. The fourth-order valence-corrected chi connectivity index (χ4v) is 1.83. The third-order valence-corrected chi connectivity index (χ3v) is 3.01. The van der Waals surface area contributed by atoms with Crippen molar-refractivity contribution in [2.24, 2.45) is 0 Å². The molecule has 1 aromatic rings. The lowest BCUT2D eigenvalue weighted by Gasteiger charge is -2.22. The average Bonchev–Trinajstić information content (AvgIpc) is 2.18. The molecule has 0 saturated heterocycles. The van der Waals surface area contributed by atoms with E-state index in [0.717, 1.165) is 11.1 Å². The highest BCUT2D eigenvalue weighted by Crippen LogP contribution is 2.12. The fraction of sp³-hybridized carbons (Fsp3) is 0.400. The summed E-state index contributed by atoms with van der Waals surface area (Å²) in [5.41, 5.74) is 1.70. The van der Waals surface area contributed by atoms with Crippen LogP contribution in [-0.2, 0) is 13.1 Å². The smallest absolute Gasteiger partial charge is 0.268 e. The summed E-state index contributed by atoms with van der Waals surface area (Å²) in [7, 11) is 0. The number of aromatic nitrogens is 2. The summed E-state index contributed by atoms with van der Waals surface area (Å²) in [6, 6.07) is 1.17. The maximum atomic E-state index is 11.7. The molecule has 0 radical (unpaired) electrons.